The molecule has 6 nitrogen and oxygen atoms in total. The third-order valence-corrected chi connectivity index (χ3v) is 5.94. The van der Waals surface area contributed by atoms with Crippen molar-refractivity contribution in [3.8, 4) is 22.1 Å². The molecule has 1 amide bonds. The highest BCUT2D eigenvalue weighted by Crippen LogP contribution is 2.39. The van der Waals surface area contributed by atoms with Gasteiger partial charge in [0.1, 0.15) is 11.6 Å². The van der Waals surface area contributed by atoms with E-state index in [1.54, 1.807) is 22.3 Å². The molecule has 8 heteroatoms. The smallest absolute Gasteiger partial charge is 0.222 e. The number of phenols is 1. The molecule has 0 spiro atoms. The topological polar surface area (TPSA) is 88.7 Å². The van der Waals surface area contributed by atoms with Crippen LogP contribution in [0.15, 0.2) is 36.4 Å². The Hall–Kier alpha value is -2.35. The molecule has 4 rings (SSSR count). The third kappa shape index (κ3) is 4.63. The Kier molecular flexibility index (Phi) is 6.95. The van der Waals surface area contributed by atoms with E-state index in [1.165, 1.54) is 0 Å². The summed E-state index contributed by atoms with van der Waals surface area (Å²) in [5.41, 5.74) is 8.09. The number of thiazole rings is 1. The molecule has 0 aliphatic carbocycles. The molecule has 154 valence electrons. The first-order chi connectivity index (χ1) is 13.7. The fraction of sp³-hybridized carbons (Fsp3) is 0.333. The highest BCUT2D eigenvalue weighted by atomic mass is 35.5. The number of fused-ring (bicyclic) bond motifs is 2. The largest absolute Gasteiger partial charge is 0.504 e. The van der Waals surface area contributed by atoms with Crippen molar-refractivity contribution >= 4 is 39.9 Å². The normalized spacial score (nSPS) is 13.3. The van der Waals surface area contributed by atoms with Gasteiger partial charge in [0.15, 0.2) is 11.5 Å². The minimum absolute atomic E-state index is 0. The van der Waals surface area contributed by atoms with E-state index in [2.05, 4.69) is 4.98 Å². The number of ether oxygens (including phenoxy) is 1. The number of rotatable bonds is 5. The number of benzene rings is 2. The average Bonchev–Trinajstić information content (AvgIpc) is 3.01. The van der Waals surface area contributed by atoms with Crippen LogP contribution >= 0.6 is 23.7 Å². The number of carbonyl (C=O) groups is 1. The van der Waals surface area contributed by atoms with Crippen LogP contribution in [0.4, 0.5) is 0 Å². The molecule has 1 aliphatic heterocycles. The summed E-state index contributed by atoms with van der Waals surface area (Å²) in [5.74, 6) is 0.640. The van der Waals surface area contributed by atoms with Crippen LogP contribution in [0.1, 0.15) is 24.8 Å². The molecular formula is C21H24ClN3O3S. The van der Waals surface area contributed by atoms with E-state index in [9.17, 15) is 9.90 Å². The lowest BCUT2D eigenvalue weighted by molar-refractivity contribution is -0.132. The minimum atomic E-state index is 0. The van der Waals surface area contributed by atoms with Crippen molar-refractivity contribution in [3.05, 3.63) is 42.0 Å². The van der Waals surface area contributed by atoms with Crippen LogP contribution < -0.4 is 10.5 Å². The first kappa shape index (κ1) is 21.4. The lowest BCUT2D eigenvalue weighted by Gasteiger charge is -2.20. The number of carbonyl (C=O) groups excluding carboxylic acids is 1. The van der Waals surface area contributed by atoms with Crippen LogP contribution in [0.25, 0.3) is 20.8 Å². The van der Waals surface area contributed by atoms with Crippen LogP contribution in [-0.2, 0) is 11.3 Å². The third-order valence-electron chi connectivity index (χ3n) is 4.85. The molecule has 1 aliphatic rings. The van der Waals surface area contributed by atoms with Gasteiger partial charge in [-0.25, -0.2) is 4.98 Å². The fourth-order valence-corrected chi connectivity index (χ4v) is 4.36. The van der Waals surface area contributed by atoms with Gasteiger partial charge in [0.25, 0.3) is 0 Å². The average molecular weight is 434 g/mol. The second-order valence-corrected chi connectivity index (χ2v) is 7.91. The summed E-state index contributed by atoms with van der Waals surface area (Å²) in [6.07, 6.45) is 2.11. The van der Waals surface area contributed by atoms with E-state index in [-0.39, 0.29) is 24.1 Å². The summed E-state index contributed by atoms with van der Waals surface area (Å²) < 4.78 is 6.85. The maximum Gasteiger partial charge on any atom is 0.222 e. The van der Waals surface area contributed by atoms with Crippen LogP contribution in [0.5, 0.6) is 11.5 Å². The number of halogens is 1. The van der Waals surface area contributed by atoms with Gasteiger partial charge in [0, 0.05) is 24.1 Å². The summed E-state index contributed by atoms with van der Waals surface area (Å²) >= 11 is 1.58. The molecule has 0 saturated carbocycles. The molecule has 0 unspecified atom stereocenters. The number of aromatic nitrogens is 1. The van der Waals surface area contributed by atoms with Crippen LogP contribution in [0, 0.1) is 0 Å². The molecule has 0 bridgehead atoms. The molecule has 0 atom stereocenters. The van der Waals surface area contributed by atoms with Gasteiger partial charge in [-0.3, -0.25) is 4.79 Å². The van der Waals surface area contributed by atoms with Crippen LogP contribution in [-0.4, -0.2) is 40.6 Å². The van der Waals surface area contributed by atoms with Crippen molar-refractivity contribution in [1.82, 2.24) is 9.88 Å². The van der Waals surface area contributed by atoms with Gasteiger partial charge in [-0.05, 0) is 43.7 Å². The van der Waals surface area contributed by atoms with E-state index in [0.717, 1.165) is 39.2 Å². The van der Waals surface area contributed by atoms with Crippen molar-refractivity contribution in [2.24, 2.45) is 5.73 Å². The number of hydrogen-bond donors (Lipinski definition) is 2. The van der Waals surface area contributed by atoms with Gasteiger partial charge in [0.05, 0.1) is 16.8 Å². The van der Waals surface area contributed by atoms with Crippen molar-refractivity contribution < 1.29 is 14.6 Å². The quantitative estimate of drug-likeness (QED) is 0.595. The number of nitrogens with two attached hydrogens (primary N) is 1. The van der Waals surface area contributed by atoms with Crippen molar-refractivity contribution in [1.29, 1.82) is 0 Å². The number of para-hydroxylation sites is 1. The zero-order chi connectivity index (χ0) is 19.5. The summed E-state index contributed by atoms with van der Waals surface area (Å²) in [7, 11) is 0. The molecule has 29 heavy (non-hydrogen) atoms. The number of aromatic hydroxyl groups is 1. The van der Waals surface area contributed by atoms with Gasteiger partial charge in [0.2, 0.25) is 5.91 Å². The predicted octanol–water partition coefficient (Wildman–Crippen LogP) is 3.94. The SMILES string of the molecule is Cl.NCCCCC(=O)N1CCOc2c(O)cc(-c3nc4ccccc4s3)cc2C1. The highest BCUT2D eigenvalue weighted by Gasteiger charge is 2.23. The zero-order valence-corrected chi connectivity index (χ0v) is 17.6. The maximum absolute atomic E-state index is 12.5. The summed E-state index contributed by atoms with van der Waals surface area (Å²) in [6, 6.07) is 11.6. The maximum atomic E-state index is 12.5. The van der Waals surface area contributed by atoms with Crippen molar-refractivity contribution in [3.63, 3.8) is 0 Å². The number of unbranched alkanes of at least 4 members (excludes halogenated alkanes) is 1. The van der Waals surface area contributed by atoms with Crippen LogP contribution in [0.3, 0.4) is 0 Å². The molecular weight excluding hydrogens is 410 g/mol. The van der Waals surface area contributed by atoms with E-state index < -0.39 is 0 Å². The van der Waals surface area contributed by atoms with E-state index >= 15 is 0 Å². The van der Waals surface area contributed by atoms with Crippen molar-refractivity contribution in [2.45, 2.75) is 25.8 Å². The van der Waals surface area contributed by atoms with Gasteiger partial charge in [-0.1, -0.05) is 12.1 Å². The second kappa shape index (κ2) is 9.43. The highest BCUT2D eigenvalue weighted by molar-refractivity contribution is 7.21. The molecule has 1 aromatic heterocycles. The molecule has 2 heterocycles. The molecule has 0 saturated heterocycles. The first-order valence-electron chi connectivity index (χ1n) is 9.48. The molecule has 0 radical (unpaired) electrons. The Morgan fingerprint density at radius 3 is 2.90 bits per heavy atom. The fourth-order valence-electron chi connectivity index (χ4n) is 3.41. The van der Waals surface area contributed by atoms with E-state index in [0.29, 0.717) is 38.4 Å². The molecule has 0 fully saturated rings. The zero-order valence-electron chi connectivity index (χ0n) is 16.0. The Labute approximate surface area is 179 Å². The summed E-state index contributed by atoms with van der Waals surface area (Å²) in [4.78, 5) is 19.0. The number of phenolic OH excluding ortho intramolecular Hbond substituents is 1. The number of amides is 1. The molecule has 2 aromatic carbocycles. The van der Waals surface area contributed by atoms with Gasteiger partial charge in [-0.2, -0.15) is 0 Å². The Bertz CT molecular complexity index is 975. The van der Waals surface area contributed by atoms with Crippen LogP contribution in [0.2, 0.25) is 0 Å². The van der Waals surface area contributed by atoms with E-state index in [1.807, 2.05) is 30.3 Å². The van der Waals surface area contributed by atoms with Gasteiger partial charge in [-0.15, -0.1) is 23.7 Å². The lowest BCUT2D eigenvalue weighted by atomic mass is 10.1. The Morgan fingerprint density at radius 1 is 1.28 bits per heavy atom. The number of hydrogen-bond acceptors (Lipinski definition) is 6. The summed E-state index contributed by atoms with van der Waals surface area (Å²) in [6.45, 7) is 1.89. The molecule has 3 aromatic rings. The monoisotopic (exact) mass is 433 g/mol. The summed E-state index contributed by atoms with van der Waals surface area (Å²) in [5, 5.41) is 11.4. The van der Waals surface area contributed by atoms with E-state index in [4.69, 9.17) is 10.5 Å². The molecule has 3 N–H and O–H groups in total. The van der Waals surface area contributed by atoms with Gasteiger partial charge < -0.3 is 20.5 Å². The Balaban J connectivity index is 0.00000240. The van der Waals surface area contributed by atoms with Gasteiger partial charge >= 0.3 is 0 Å². The first-order valence-corrected chi connectivity index (χ1v) is 10.3. The second-order valence-electron chi connectivity index (χ2n) is 6.88. The lowest BCUT2D eigenvalue weighted by Crippen LogP contribution is -2.32. The number of nitrogens with zero attached hydrogens (tertiary/aromatic N) is 2. The Morgan fingerprint density at radius 2 is 2.10 bits per heavy atom. The standard InChI is InChI=1S/C21H23N3O3S.ClH/c22-8-4-3-7-19(26)24-9-10-27-20-15(13-24)11-14(12-17(20)25)21-23-16-5-1-2-6-18(16)28-21;/h1-2,5-6,11-12,25H,3-4,7-10,13,22H2;1H. The minimum Gasteiger partial charge on any atom is -0.504 e. The predicted molar refractivity (Wildman–Crippen MR) is 118 cm³/mol. The van der Waals surface area contributed by atoms with Crippen molar-refractivity contribution in [2.75, 3.05) is 19.7 Å².